The smallest absolute Gasteiger partial charge is 0.0406 e. The molecule has 2 atom stereocenters. The Morgan fingerprint density at radius 1 is 1.11 bits per heavy atom. The highest BCUT2D eigenvalue weighted by Gasteiger charge is 2.28. The van der Waals surface area contributed by atoms with Gasteiger partial charge >= 0.3 is 0 Å². The third kappa shape index (κ3) is 4.81. The molecule has 1 saturated carbocycles. The molecule has 0 saturated heterocycles. The molecule has 0 aliphatic heterocycles. The lowest BCUT2D eigenvalue weighted by Gasteiger charge is -2.26. The summed E-state index contributed by atoms with van der Waals surface area (Å²) in [6.45, 7) is 7.89. The Morgan fingerprint density at radius 3 is 2.37 bits per heavy atom. The lowest BCUT2D eigenvalue weighted by atomic mass is 9.89. The number of halogens is 1. The van der Waals surface area contributed by atoms with Gasteiger partial charge < -0.3 is 5.32 Å². The van der Waals surface area contributed by atoms with Crippen LogP contribution in [0.15, 0.2) is 24.3 Å². The van der Waals surface area contributed by atoms with Gasteiger partial charge in [0.1, 0.15) is 0 Å². The Morgan fingerprint density at radius 2 is 1.74 bits per heavy atom. The van der Waals surface area contributed by atoms with E-state index in [-0.39, 0.29) is 5.54 Å². The van der Waals surface area contributed by atoms with Crippen LogP contribution in [-0.2, 0) is 6.42 Å². The molecule has 1 N–H and O–H groups in total. The predicted octanol–water partition coefficient (Wildman–Crippen LogP) is 4.69. The number of hydrogen-bond donors (Lipinski definition) is 1. The van der Waals surface area contributed by atoms with E-state index in [0.717, 1.165) is 23.4 Å². The zero-order valence-corrected chi connectivity index (χ0v) is 13.1. The van der Waals surface area contributed by atoms with Crippen LogP contribution in [0.2, 0.25) is 5.02 Å². The first-order chi connectivity index (χ1) is 8.94. The van der Waals surface area contributed by atoms with Crippen molar-refractivity contribution in [2.45, 2.75) is 52.0 Å². The molecule has 1 aliphatic carbocycles. The highest BCUT2D eigenvalue weighted by Crippen LogP contribution is 2.34. The monoisotopic (exact) mass is 279 g/mol. The number of rotatable bonds is 4. The maximum absolute atomic E-state index is 5.95. The van der Waals surface area contributed by atoms with Crippen molar-refractivity contribution in [2.24, 2.45) is 11.8 Å². The number of benzene rings is 1. The van der Waals surface area contributed by atoms with Gasteiger partial charge in [0.2, 0.25) is 0 Å². The van der Waals surface area contributed by atoms with Crippen LogP contribution in [0.1, 0.15) is 45.6 Å². The second-order valence-corrected chi connectivity index (χ2v) is 7.35. The van der Waals surface area contributed by atoms with Gasteiger partial charge in [-0.3, -0.25) is 0 Å². The summed E-state index contributed by atoms with van der Waals surface area (Å²) in [5.41, 5.74) is 1.66. The van der Waals surface area contributed by atoms with Crippen LogP contribution in [0.4, 0.5) is 0 Å². The molecule has 0 amide bonds. The summed E-state index contributed by atoms with van der Waals surface area (Å²) in [6, 6.07) is 8.37. The van der Waals surface area contributed by atoms with Crippen molar-refractivity contribution >= 4 is 11.6 Å². The van der Waals surface area contributed by atoms with E-state index in [9.17, 15) is 0 Å². The summed E-state index contributed by atoms with van der Waals surface area (Å²) in [4.78, 5) is 0. The highest BCUT2D eigenvalue weighted by molar-refractivity contribution is 6.30. The lowest BCUT2D eigenvalue weighted by molar-refractivity contribution is 0.317. The molecule has 1 aromatic carbocycles. The molecule has 0 bridgehead atoms. The van der Waals surface area contributed by atoms with Crippen molar-refractivity contribution in [1.82, 2.24) is 5.32 Å². The van der Waals surface area contributed by atoms with Gasteiger partial charge in [0, 0.05) is 10.6 Å². The van der Waals surface area contributed by atoms with E-state index >= 15 is 0 Å². The Balaban J connectivity index is 1.90. The second kappa shape index (κ2) is 6.28. The van der Waals surface area contributed by atoms with Gasteiger partial charge in [0.25, 0.3) is 0 Å². The van der Waals surface area contributed by atoms with Crippen molar-refractivity contribution in [3.05, 3.63) is 34.9 Å². The van der Waals surface area contributed by atoms with E-state index in [0.29, 0.717) is 0 Å². The normalized spacial score (nSPS) is 23.8. The molecule has 2 rings (SSSR count). The summed E-state index contributed by atoms with van der Waals surface area (Å²) in [5, 5.41) is 4.50. The van der Waals surface area contributed by atoms with Gasteiger partial charge in [-0.15, -0.1) is 0 Å². The summed E-state index contributed by atoms with van der Waals surface area (Å²) < 4.78 is 0. The molecule has 0 spiro atoms. The molecule has 1 nitrogen and oxygen atoms in total. The van der Waals surface area contributed by atoms with E-state index in [1.807, 2.05) is 12.1 Å². The first kappa shape index (κ1) is 14.9. The van der Waals surface area contributed by atoms with Gasteiger partial charge in [-0.1, -0.05) is 30.2 Å². The van der Waals surface area contributed by atoms with Crippen molar-refractivity contribution in [1.29, 1.82) is 0 Å². The molecule has 1 aromatic rings. The second-order valence-electron chi connectivity index (χ2n) is 6.91. The Hall–Kier alpha value is -0.530. The maximum Gasteiger partial charge on any atom is 0.0406 e. The fourth-order valence-electron chi connectivity index (χ4n) is 3.01. The standard InChI is InChI=1S/C17H26ClN/c1-17(2,3)19-12-15-6-4-5-14(15)11-13-7-9-16(18)10-8-13/h7-10,14-15,19H,4-6,11-12H2,1-3H3. The average Bonchev–Trinajstić information content (AvgIpc) is 2.76. The summed E-state index contributed by atoms with van der Waals surface area (Å²) in [5.74, 6) is 1.66. The molecular formula is C17H26ClN. The molecule has 0 heterocycles. The van der Waals surface area contributed by atoms with Crippen molar-refractivity contribution in [2.75, 3.05) is 6.54 Å². The van der Waals surface area contributed by atoms with Gasteiger partial charge in [-0.05, 0) is 76.1 Å². The van der Waals surface area contributed by atoms with E-state index in [2.05, 4.69) is 38.2 Å². The van der Waals surface area contributed by atoms with Crippen LogP contribution >= 0.6 is 11.6 Å². The van der Waals surface area contributed by atoms with E-state index in [1.165, 1.54) is 31.2 Å². The van der Waals surface area contributed by atoms with Crippen LogP contribution < -0.4 is 5.32 Å². The number of nitrogens with one attached hydrogen (secondary N) is 1. The molecule has 2 heteroatoms. The highest BCUT2D eigenvalue weighted by atomic mass is 35.5. The fraction of sp³-hybridized carbons (Fsp3) is 0.647. The minimum Gasteiger partial charge on any atom is -0.312 e. The minimum atomic E-state index is 0.230. The lowest BCUT2D eigenvalue weighted by Crippen LogP contribution is -2.40. The summed E-state index contributed by atoms with van der Waals surface area (Å²) in [6.07, 6.45) is 5.34. The Kier molecular flexibility index (Phi) is 4.92. The van der Waals surface area contributed by atoms with Crippen molar-refractivity contribution in [3.8, 4) is 0 Å². The molecule has 1 aliphatic rings. The summed E-state index contributed by atoms with van der Waals surface area (Å²) >= 11 is 5.95. The third-order valence-corrected chi connectivity index (χ3v) is 4.37. The molecule has 19 heavy (non-hydrogen) atoms. The maximum atomic E-state index is 5.95. The first-order valence-electron chi connectivity index (χ1n) is 7.43. The molecule has 0 radical (unpaired) electrons. The van der Waals surface area contributed by atoms with Crippen LogP contribution in [-0.4, -0.2) is 12.1 Å². The zero-order valence-electron chi connectivity index (χ0n) is 12.4. The van der Waals surface area contributed by atoms with Gasteiger partial charge in [-0.2, -0.15) is 0 Å². The van der Waals surface area contributed by atoms with Gasteiger partial charge in [0.05, 0.1) is 0 Å². The van der Waals surface area contributed by atoms with Crippen LogP contribution in [0.25, 0.3) is 0 Å². The largest absolute Gasteiger partial charge is 0.312 e. The predicted molar refractivity (Wildman–Crippen MR) is 83.7 cm³/mol. The van der Waals surface area contributed by atoms with Crippen molar-refractivity contribution in [3.63, 3.8) is 0 Å². The van der Waals surface area contributed by atoms with E-state index < -0.39 is 0 Å². The van der Waals surface area contributed by atoms with Gasteiger partial charge in [0.15, 0.2) is 0 Å². The Labute approximate surface area is 122 Å². The number of hydrogen-bond acceptors (Lipinski definition) is 1. The molecular weight excluding hydrogens is 254 g/mol. The van der Waals surface area contributed by atoms with E-state index in [1.54, 1.807) is 0 Å². The Bertz CT molecular complexity index is 391. The molecule has 1 fully saturated rings. The van der Waals surface area contributed by atoms with Crippen molar-refractivity contribution < 1.29 is 0 Å². The third-order valence-electron chi connectivity index (χ3n) is 4.12. The van der Waals surface area contributed by atoms with Crippen LogP contribution in [0.5, 0.6) is 0 Å². The topological polar surface area (TPSA) is 12.0 Å². The molecule has 2 unspecified atom stereocenters. The zero-order chi connectivity index (χ0) is 13.9. The van der Waals surface area contributed by atoms with E-state index in [4.69, 9.17) is 11.6 Å². The average molecular weight is 280 g/mol. The van der Waals surface area contributed by atoms with Gasteiger partial charge in [-0.25, -0.2) is 0 Å². The van der Waals surface area contributed by atoms with Crippen LogP contribution in [0, 0.1) is 11.8 Å². The molecule has 0 aromatic heterocycles. The van der Waals surface area contributed by atoms with Crippen LogP contribution in [0.3, 0.4) is 0 Å². The SMILES string of the molecule is CC(C)(C)NCC1CCCC1Cc1ccc(Cl)cc1. The first-order valence-corrected chi connectivity index (χ1v) is 7.81. The quantitative estimate of drug-likeness (QED) is 0.843. The molecule has 106 valence electrons. The minimum absolute atomic E-state index is 0.230. The fourth-order valence-corrected chi connectivity index (χ4v) is 3.14. The summed E-state index contributed by atoms with van der Waals surface area (Å²) in [7, 11) is 0.